The van der Waals surface area contributed by atoms with Gasteiger partial charge in [-0.05, 0) is 278 Å². The summed E-state index contributed by atoms with van der Waals surface area (Å²) in [6, 6.07) is 135. The van der Waals surface area contributed by atoms with Gasteiger partial charge in [0, 0.05) is 61.4 Å². The quantitative estimate of drug-likeness (QED) is 0.120. The molecule has 4 aliphatic rings. The van der Waals surface area contributed by atoms with Crippen LogP contribution in [-0.4, -0.2) is 15.8 Å². The van der Waals surface area contributed by atoms with Crippen molar-refractivity contribution in [3.8, 4) is 89.3 Å². The van der Waals surface area contributed by atoms with Crippen molar-refractivity contribution in [3.63, 3.8) is 0 Å². The van der Waals surface area contributed by atoms with Crippen molar-refractivity contribution in [3.05, 3.63) is 380 Å². The van der Waals surface area contributed by atoms with Crippen molar-refractivity contribution in [1.29, 1.82) is 0 Å². The summed E-state index contributed by atoms with van der Waals surface area (Å²) in [6.45, 7) is 26.3. The van der Waals surface area contributed by atoms with Crippen molar-refractivity contribution >= 4 is 101 Å². The molecule has 5 heteroatoms. The summed E-state index contributed by atoms with van der Waals surface area (Å²) < 4.78 is 5.13. The first-order valence-electron chi connectivity index (χ1n) is 43.6. The Balaban J connectivity index is 0.836. The van der Waals surface area contributed by atoms with Crippen molar-refractivity contribution in [2.24, 2.45) is 0 Å². The molecule has 0 atom stereocenters. The van der Waals surface area contributed by atoms with Gasteiger partial charge in [0.15, 0.2) is 0 Å². The summed E-state index contributed by atoms with van der Waals surface area (Å²) in [6.07, 6.45) is 4.65. The van der Waals surface area contributed by atoms with Crippen LogP contribution >= 0.6 is 0 Å². The summed E-state index contributed by atoms with van der Waals surface area (Å²) >= 11 is 0. The predicted molar refractivity (Wildman–Crippen MR) is 516 cm³/mol. The molecule has 4 nitrogen and oxygen atoms in total. The predicted octanol–water partition coefficient (Wildman–Crippen LogP) is 29.6. The number of anilines is 6. The van der Waals surface area contributed by atoms with Gasteiger partial charge in [-0.1, -0.05) is 325 Å². The molecule has 18 aromatic rings. The molecule has 0 N–H and O–H groups in total. The molecular weight excluding hydrogens is 1460 g/mol. The standard InChI is InChI=1S/C116H99BN4/c1-112(2,3)96-35-25-24-34-91(96)86-42-54-101-107(70-86)118(87-47-36-78(37-48-87)84-40-52-97-99(68-84)115(8,9)62-60-113(97,4)5)109-72-90(121-105-58-45-82(76-30-20-14-21-31-76)66-94(105)95-67-83(46-59-106(95)121)77-32-22-15-23-33-77)73-110-111(109)117(101)102-55-51-89(71-108(102)119(110)88-49-38-79(39-50-88)85-41-53-98-100(69-85)116(10,11)63-61-114(98,6)7)120-103-56-43-80(74-26-16-12-17-27-74)64-92(103)93-65-81(44-57-104(93)120)75-28-18-13-19-29-75/h12-59,64-73H,60-63H2,1-11H3. The van der Waals surface area contributed by atoms with E-state index in [4.69, 9.17) is 0 Å². The monoisotopic (exact) mass is 1560 g/mol. The van der Waals surface area contributed by atoms with Crippen LogP contribution in [0.3, 0.4) is 0 Å². The average molecular weight is 1560 g/mol. The Labute approximate surface area is 712 Å². The molecule has 22 rings (SSSR count). The van der Waals surface area contributed by atoms with Crippen LogP contribution in [0.15, 0.2) is 352 Å². The number of nitrogens with zero attached hydrogens (tertiary/aromatic N) is 4. The molecule has 2 aliphatic carbocycles. The van der Waals surface area contributed by atoms with Crippen molar-refractivity contribution in [2.75, 3.05) is 9.80 Å². The largest absolute Gasteiger partial charge is 0.311 e. The molecule has 0 fully saturated rings. The second-order valence-corrected chi connectivity index (χ2v) is 38.5. The fourth-order valence-electron chi connectivity index (χ4n) is 21.3. The molecule has 4 heterocycles. The van der Waals surface area contributed by atoms with Crippen LogP contribution in [0.1, 0.15) is 130 Å². The van der Waals surface area contributed by atoms with Crippen LogP contribution in [0.5, 0.6) is 0 Å². The van der Waals surface area contributed by atoms with Gasteiger partial charge in [-0.25, -0.2) is 0 Å². The van der Waals surface area contributed by atoms with Crippen LogP contribution in [-0.2, 0) is 27.1 Å². The van der Waals surface area contributed by atoms with E-state index in [-0.39, 0.29) is 33.8 Å². The Morgan fingerprint density at radius 2 is 0.537 bits per heavy atom. The highest BCUT2D eigenvalue weighted by atomic mass is 15.2. The molecular formula is C116H99BN4. The maximum Gasteiger partial charge on any atom is 0.252 e. The van der Waals surface area contributed by atoms with Crippen LogP contribution in [0, 0.1) is 0 Å². The zero-order chi connectivity index (χ0) is 82.2. The van der Waals surface area contributed by atoms with E-state index in [0.717, 1.165) is 80.4 Å². The van der Waals surface area contributed by atoms with E-state index in [9.17, 15) is 0 Å². The number of hydrogen-bond donors (Lipinski definition) is 0. The van der Waals surface area contributed by atoms with E-state index in [2.05, 4.69) is 447 Å². The van der Waals surface area contributed by atoms with Gasteiger partial charge >= 0.3 is 0 Å². The lowest BCUT2D eigenvalue weighted by molar-refractivity contribution is 0.332. The zero-order valence-electron chi connectivity index (χ0n) is 71.2. The second-order valence-electron chi connectivity index (χ2n) is 38.5. The summed E-state index contributed by atoms with van der Waals surface area (Å²) in [7, 11) is 0. The number of aromatic nitrogens is 2. The minimum atomic E-state index is -0.220. The molecule has 121 heavy (non-hydrogen) atoms. The Kier molecular flexibility index (Phi) is 17.0. The summed E-state index contributed by atoms with van der Waals surface area (Å²) in [5.74, 6) is 0. The number of rotatable bonds is 11. The molecule has 0 bridgehead atoms. The first kappa shape index (κ1) is 74.1. The zero-order valence-corrected chi connectivity index (χ0v) is 71.2. The molecule has 0 saturated carbocycles. The molecule has 2 aliphatic heterocycles. The molecule has 586 valence electrons. The molecule has 0 amide bonds. The Morgan fingerprint density at radius 3 is 0.934 bits per heavy atom. The van der Waals surface area contributed by atoms with Crippen LogP contribution in [0.4, 0.5) is 34.1 Å². The van der Waals surface area contributed by atoms with E-state index >= 15 is 0 Å². The molecule has 16 aromatic carbocycles. The van der Waals surface area contributed by atoms with Gasteiger partial charge in [0.2, 0.25) is 0 Å². The number of fused-ring (bicyclic) bond motifs is 12. The summed E-state index contributed by atoms with van der Waals surface area (Å²) in [4.78, 5) is 5.31. The van der Waals surface area contributed by atoms with Gasteiger partial charge in [-0.3, -0.25) is 0 Å². The fourth-order valence-corrected chi connectivity index (χ4v) is 21.3. The Bertz CT molecular complexity index is 7020. The SMILES string of the molecule is CC(C)(C)c1ccccc1-c1ccc2c(c1)N(c1ccc(-c3ccc4c(c3)C(C)(C)CCC4(C)C)cc1)c1cc(-n3c4ccc(-c5ccccc5)cc4c4cc(-c5ccccc5)ccc43)cc3c1B2c1ccc(-n2c4ccc(-c5ccccc5)cc4c4cc(-c5ccccc5)ccc42)cc1N3c1ccc(-c2ccc3c(c2)C(C)(C)CCC3(C)C)cc1. The highest BCUT2D eigenvalue weighted by molar-refractivity contribution is 7.00. The second kappa shape index (κ2) is 27.7. The molecule has 2 aromatic heterocycles. The van der Waals surface area contributed by atoms with E-state index in [1.54, 1.807) is 0 Å². The third-order valence-corrected chi connectivity index (χ3v) is 28.2. The topological polar surface area (TPSA) is 16.3 Å². The van der Waals surface area contributed by atoms with Gasteiger partial charge < -0.3 is 18.9 Å². The minimum Gasteiger partial charge on any atom is -0.311 e. The van der Waals surface area contributed by atoms with E-state index < -0.39 is 0 Å². The summed E-state index contributed by atoms with van der Waals surface area (Å²) in [5, 5.41) is 4.81. The van der Waals surface area contributed by atoms with Crippen molar-refractivity contribution in [2.45, 2.75) is 129 Å². The van der Waals surface area contributed by atoms with Crippen LogP contribution in [0.2, 0.25) is 0 Å². The van der Waals surface area contributed by atoms with Gasteiger partial charge in [0.25, 0.3) is 6.71 Å². The maximum absolute atomic E-state index is 2.66. The van der Waals surface area contributed by atoms with Gasteiger partial charge in [-0.15, -0.1) is 0 Å². The van der Waals surface area contributed by atoms with Gasteiger partial charge in [-0.2, -0.15) is 0 Å². The van der Waals surface area contributed by atoms with E-state index in [1.165, 1.54) is 156 Å². The van der Waals surface area contributed by atoms with Crippen molar-refractivity contribution < 1.29 is 0 Å². The normalized spacial score (nSPS) is 15.3. The average Bonchev–Trinajstić information content (AvgIpc) is 1.65. The number of benzene rings is 16. The highest BCUT2D eigenvalue weighted by Crippen LogP contribution is 2.53. The summed E-state index contributed by atoms with van der Waals surface area (Å²) in [5.41, 5.74) is 41.4. The minimum absolute atomic E-state index is 0.0513. The third kappa shape index (κ3) is 12.2. The Hall–Kier alpha value is -13.2. The lowest BCUT2D eigenvalue weighted by Gasteiger charge is -2.45. The lowest BCUT2D eigenvalue weighted by atomic mass is 9.33. The lowest BCUT2D eigenvalue weighted by Crippen LogP contribution is -2.61. The molecule has 0 unspecified atom stereocenters. The van der Waals surface area contributed by atoms with Crippen LogP contribution < -0.4 is 26.2 Å². The highest BCUT2D eigenvalue weighted by Gasteiger charge is 2.46. The number of hydrogen-bond acceptors (Lipinski definition) is 2. The third-order valence-electron chi connectivity index (χ3n) is 28.2. The smallest absolute Gasteiger partial charge is 0.252 e. The van der Waals surface area contributed by atoms with E-state index in [1.807, 2.05) is 0 Å². The van der Waals surface area contributed by atoms with Crippen molar-refractivity contribution in [1.82, 2.24) is 9.13 Å². The van der Waals surface area contributed by atoms with Gasteiger partial charge in [0.1, 0.15) is 0 Å². The first-order chi connectivity index (χ1) is 58.6. The fraction of sp³-hybridized carbons (Fsp3) is 0.172. The maximum atomic E-state index is 2.66. The van der Waals surface area contributed by atoms with Gasteiger partial charge in [0.05, 0.1) is 27.8 Å². The van der Waals surface area contributed by atoms with Crippen LogP contribution in [0.25, 0.3) is 133 Å². The molecule has 0 saturated heterocycles. The van der Waals surface area contributed by atoms with E-state index in [0.29, 0.717) is 0 Å². The first-order valence-corrected chi connectivity index (χ1v) is 43.6. The molecule has 0 spiro atoms. The molecule has 0 radical (unpaired) electrons. The Morgan fingerprint density at radius 1 is 0.240 bits per heavy atom.